The normalized spacial score (nSPS) is 10.3. The van der Waals surface area contributed by atoms with E-state index in [9.17, 15) is 18.4 Å². The molecule has 0 radical (unpaired) electrons. The van der Waals surface area contributed by atoms with E-state index < -0.39 is 23.6 Å². The summed E-state index contributed by atoms with van der Waals surface area (Å²) in [5, 5.41) is 17.7. The highest BCUT2D eigenvalue weighted by molar-refractivity contribution is 5.91. The molecule has 0 amide bonds. The molecule has 0 unspecified atom stereocenters. The minimum absolute atomic E-state index is 0.0874. The molecule has 0 aromatic heterocycles. The molecule has 0 saturated carbocycles. The van der Waals surface area contributed by atoms with E-state index in [1.165, 1.54) is 0 Å². The van der Waals surface area contributed by atoms with E-state index in [4.69, 9.17) is 10.2 Å². The van der Waals surface area contributed by atoms with Gasteiger partial charge in [0.1, 0.15) is 11.6 Å². The van der Waals surface area contributed by atoms with Crippen LogP contribution in [0.5, 0.6) is 0 Å². The van der Waals surface area contributed by atoms with Crippen molar-refractivity contribution in [2.75, 3.05) is 0 Å². The Labute approximate surface area is 111 Å². The molecular formula is C14H8F2O4. The van der Waals surface area contributed by atoms with Crippen molar-refractivity contribution >= 4 is 11.9 Å². The molecule has 2 N–H and O–H groups in total. The number of carboxylic acid groups (broad SMARTS) is 2. The topological polar surface area (TPSA) is 74.6 Å². The first-order chi connectivity index (χ1) is 9.36. The Bertz CT molecular complexity index is 649. The zero-order valence-electron chi connectivity index (χ0n) is 9.93. The number of carbonyl (C=O) groups is 2. The second-order valence-electron chi connectivity index (χ2n) is 4.07. The molecule has 0 spiro atoms. The Morgan fingerprint density at radius 1 is 0.700 bits per heavy atom. The second-order valence-corrected chi connectivity index (χ2v) is 4.07. The van der Waals surface area contributed by atoms with Gasteiger partial charge in [-0.1, -0.05) is 0 Å². The van der Waals surface area contributed by atoms with Gasteiger partial charge in [0.05, 0.1) is 11.1 Å². The third kappa shape index (κ3) is 2.80. The van der Waals surface area contributed by atoms with Crippen molar-refractivity contribution in [3.05, 3.63) is 59.2 Å². The van der Waals surface area contributed by atoms with Gasteiger partial charge >= 0.3 is 11.9 Å². The van der Waals surface area contributed by atoms with Crippen LogP contribution in [-0.4, -0.2) is 22.2 Å². The summed E-state index contributed by atoms with van der Waals surface area (Å²) in [6.07, 6.45) is 0. The Balaban J connectivity index is 2.62. The van der Waals surface area contributed by atoms with E-state index in [0.717, 1.165) is 36.4 Å². The van der Waals surface area contributed by atoms with Gasteiger partial charge in [0.25, 0.3) is 0 Å². The monoisotopic (exact) mass is 278 g/mol. The van der Waals surface area contributed by atoms with Crippen molar-refractivity contribution < 1.29 is 28.6 Å². The smallest absolute Gasteiger partial charge is 0.335 e. The molecule has 2 aromatic rings. The highest BCUT2D eigenvalue weighted by Gasteiger charge is 2.12. The van der Waals surface area contributed by atoms with Crippen LogP contribution in [0.4, 0.5) is 8.78 Å². The quantitative estimate of drug-likeness (QED) is 0.905. The van der Waals surface area contributed by atoms with Gasteiger partial charge in [-0.15, -0.1) is 0 Å². The average Bonchev–Trinajstić information content (AvgIpc) is 2.37. The van der Waals surface area contributed by atoms with E-state index in [2.05, 4.69) is 0 Å². The van der Waals surface area contributed by atoms with Crippen LogP contribution in [0.25, 0.3) is 11.1 Å². The summed E-state index contributed by atoms with van der Waals surface area (Å²) < 4.78 is 26.7. The van der Waals surface area contributed by atoms with Crippen LogP contribution in [-0.2, 0) is 0 Å². The minimum Gasteiger partial charge on any atom is -0.478 e. The number of benzene rings is 2. The molecule has 0 atom stereocenters. The van der Waals surface area contributed by atoms with Crippen molar-refractivity contribution in [1.82, 2.24) is 0 Å². The van der Waals surface area contributed by atoms with E-state index >= 15 is 0 Å². The second kappa shape index (κ2) is 5.08. The number of carboxylic acids is 2. The molecule has 2 rings (SSSR count). The van der Waals surface area contributed by atoms with Crippen molar-refractivity contribution in [2.45, 2.75) is 0 Å². The highest BCUT2D eigenvalue weighted by atomic mass is 19.1. The minimum atomic E-state index is -1.33. The molecule has 0 aliphatic carbocycles. The van der Waals surface area contributed by atoms with Crippen LogP contribution in [0.2, 0.25) is 0 Å². The van der Waals surface area contributed by atoms with Gasteiger partial charge in [0.15, 0.2) is 0 Å². The first-order valence-electron chi connectivity index (χ1n) is 5.45. The molecule has 0 saturated heterocycles. The number of halogens is 2. The summed E-state index contributed by atoms with van der Waals surface area (Å²) >= 11 is 0. The molecular weight excluding hydrogens is 270 g/mol. The zero-order chi connectivity index (χ0) is 14.9. The summed E-state index contributed by atoms with van der Waals surface area (Å²) in [7, 11) is 0. The molecule has 0 aliphatic heterocycles. The maximum absolute atomic E-state index is 13.4. The van der Waals surface area contributed by atoms with Crippen LogP contribution < -0.4 is 0 Å². The van der Waals surface area contributed by atoms with Gasteiger partial charge < -0.3 is 10.2 Å². The predicted octanol–water partition coefficient (Wildman–Crippen LogP) is 3.03. The van der Waals surface area contributed by atoms with Crippen molar-refractivity contribution in [2.24, 2.45) is 0 Å². The summed E-state index contributed by atoms with van der Waals surface area (Å²) in [5.41, 5.74) is -0.434. The van der Waals surface area contributed by atoms with Crippen LogP contribution in [0.3, 0.4) is 0 Å². The predicted molar refractivity (Wildman–Crippen MR) is 65.7 cm³/mol. The van der Waals surface area contributed by atoms with Crippen LogP contribution in [0.15, 0.2) is 36.4 Å². The number of hydrogen-bond acceptors (Lipinski definition) is 2. The van der Waals surface area contributed by atoms with Gasteiger partial charge in [-0.3, -0.25) is 0 Å². The van der Waals surface area contributed by atoms with Gasteiger partial charge in [-0.25, -0.2) is 18.4 Å². The molecule has 2 aromatic carbocycles. The zero-order valence-corrected chi connectivity index (χ0v) is 9.93. The third-order valence-electron chi connectivity index (χ3n) is 2.62. The summed E-state index contributed by atoms with van der Waals surface area (Å²) in [5.74, 6) is -4.27. The Kier molecular flexibility index (Phi) is 3.47. The van der Waals surface area contributed by atoms with E-state index in [1.807, 2.05) is 0 Å². The van der Waals surface area contributed by atoms with Crippen molar-refractivity contribution in [3.63, 3.8) is 0 Å². The fourth-order valence-electron chi connectivity index (χ4n) is 1.76. The third-order valence-corrected chi connectivity index (χ3v) is 2.62. The Morgan fingerprint density at radius 3 is 1.35 bits per heavy atom. The molecule has 102 valence electrons. The van der Waals surface area contributed by atoms with Crippen LogP contribution in [0.1, 0.15) is 20.7 Å². The van der Waals surface area contributed by atoms with E-state index in [1.54, 1.807) is 0 Å². The summed E-state index contributed by atoms with van der Waals surface area (Å²) in [6.45, 7) is 0. The Hall–Kier alpha value is -2.76. The summed E-state index contributed by atoms with van der Waals surface area (Å²) in [4.78, 5) is 21.7. The van der Waals surface area contributed by atoms with Gasteiger partial charge in [0.2, 0.25) is 0 Å². The van der Waals surface area contributed by atoms with Gasteiger partial charge in [0, 0.05) is 0 Å². The number of hydrogen-bond donors (Lipinski definition) is 2. The van der Waals surface area contributed by atoms with Crippen molar-refractivity contribution in [1.29, 1.82) is 0 Å². The van der Waals surface area contributed by atoms with Crippen molar-refractivity contribution in [3.8, 4) is 11.1 Å². The summed E-state index contributed by atoms with van der Waals surface area (Å²) in [6, 6.07) is 5.95. The first kappa shape index (κ1) is 13.7. The lowest BCUT2D eigenvalue weighted by atomic mass is 10.0. The fraction of sp³-hybridized carbons (Fsp3) is 0. The number of rotatable bonds is 3. The first-order valence-corrected chi connectivity index (χ1v) is 5.45. The van der Waals surface area contributed by atoms with Gasteiger partial charge in [-0.2, -0.15) is 0 Å². The SMILES string of the molecule is O=C(O)c1cc(F)cc(-c2cc(F)cc(C(=O)O)c2)c1. The van der Waals surface area contributed by atoms with Crippen LogP contribution >= 0.6 is 0 Å². The Morgan fingerprint density at radius 2 is 1.05 bits per heavy atom. The number of aromatic carboxylic acids is 2. The maximum atomic E-state index is 13.4. The molecule has 0 bridgehead atoms. The van der Waals surface area contributed by atoms with Gasteiger partial charge in [-0.05, 0) is 47.5 Å². The molecule has 6 heteroatoms. The average molecular weight is 278 g/mol. The standard InChI is InChI=1S/C14H8F2O4/c15-11-3-7(1-9(5-11)13(17)18)8-2-10(14(19)20)6-12(16)4-8/h1-6H,(H,17,18)(H,19,20). The lowest BCUT2D eigenvalue weighted by Gasteiger charge is -2.06. The molecule has 20 heavy (non-hydrogen) atoms. The van der Waals surface area contributed by atoms with E-state index in [-0.39, 0.29) is 22.3 Å². The largest absolute Gasteiger partial charge is 0.478 e. The molecule has 4 nitrogen and oxygen atoms in total. The molecule has 0 aliphatic rings. The molecule has 0 heterocycles. The lowest BCUT2D eigenvalue weighted by molar-refractivity contribution is 0.0685. The molecule has 0 fully saturated rings. The van der Waals surface area contributed by atoms with E-state index in [0.29, 0.717) is 0 Å². The van der Waals surface area contributed by atoms with Crippen LogP contribution in [0, 0.1) is 11.6 Å². The maximum Gasteiger partial charge on any atom is 0.335 e. The lowest BCUT2D eigenvalue weighted by Crippen LogP contribution is -2.00. The highest BCUT2D eigenvalue weighted by Crippen LogP contribution is 2.24. The fourth-order valence-corrected chi connectivity index (χ4v) is 1.76.